The SMILES string of the molecule is Cc1ccc(C)c2sc(N(Cc3ccccc3)C(=O)c3cc(=O)c4ccccc4o3)nc12. The molecule has 1 amide bonds. The van der Waals surface area contributed by atoms with Crippen LogP contribution in [0.25, 0.3) is 21.2 Å². The molecule has 2 heterocycles. The Kier molecular flexibility index (Phi) is 5.07. The third-order valence-corrected chi connectivity index (χ3v) is 6.65. The van der Waals surface area contributed by atoms with Gasteiger partial charge in [-0.25, -0.2) is 4.98 Å². The molecule has 6 heteroatoms. The highest BCUT2D eigenvalue weighted by atomic mass is 32.1. The summed E-state index contributed by atoms with van der Waals surface area (Å²) in [6, 6.07) is 22.0. The minimum absolute atomic E-state index is 0.00247. The maximum absolute atomic E-state index is 13.7. The van der Waals surface area contributed by atoms with Gasteiger partial charge in [0.2, 0.25) is 0 Å². The number of aromatic nitrogens is 1. The van der Waals surface area contributed by atoms with Crippen LogP contribution in [0.5, 0.6) is 0 Å². The Balaban J connectivity index is 1.65. The molecule has 5 rings (SSSR count). The summed E-state index contributed by atoms with van der Waals surface area (Å²) >= 11 is 1.47. The van der Waals surface area contributed by atoms with E-state index in [2.05, 4.69) is 6.07 Å². The molecule has 5 nitrogen and oxygen atoms in total. The number of hydrogen-bond donors (Lipinski definition) is 0. The Hall–Kier alpha value is -3.77. The Morgan fingerprint density at radius 3 is 2.47 bits per heavy atom. The maximum atomic E-state index is 13.7. The number of amides is 1. The van der Waals surface area contributed by atoms with Crippen molar-refractivity contribution in [3.05, 3.63) is 105 Å². The van der Waals surface area contributed by atoms with Crippen LogP contribution in [0, 0.1) is 13.8 Å². The fraction of sp³-hybridized carbons (Fsp3) is 0.115. The third kappa shape index (κ3) is 3.59. The second-order valence-electron chi connectivity index (χ2n) is 7.72. The fourth-order valence-corrected chi connectivity index (χ4v) is 4.81. The number of para-hydroxylation sites is 1. The minimum atomic E-state index is -0.397. The molecule has 3 aromatic carbocycles. The van der Waals surface area contributed by atoms with Gasteiger partial charge >= 0.3 is 0 Å². The van der Waals surface area contributed by atoms with Crippen molar-refractivity contribution in [3.8, 4) is 0 Å². The molecule has 0 bridgehead atoms. The summed E-state index contributed by atoms with van der Waals surface area (Å²) in [4.78, 5) is 32.7. The minimum Gasteiger partial charge on any atom is -0.451 e. The second-order valence-corrected chi connectivity index (χ2v) is 8.70. The highest BCUT2D eigenvalue weighted by molar-refractivity contribution is 7.22. The molecule has 0 fully saturated rings. The van der Waals surface area contributed by atoms with Crippen LogP contribution in [0.4, 0.5) is 5.13 Å². The fourth-order valence-electron chi connectivity index (χ4n) is 3.70. The van der Waals surface area contributed by atoms with Gasteiger partial charge in [0, 0.05) is 6.07 Å². The van der Waals surface area contributed by atoms with Crippen molar-refractivity contribution in [2.75, 3.05) is 4.90 Å². The lowest BCUT2D eigenvalue weighted by Crippen LogP contribution is -2.31. The van der Waals surface area contributed by atoms with E-state index >= 15 is 0 Å². The largest absolute Gasteiger partial charge is 0.451 e. The summed E-state index contributed by atoms with van der Waals surface area (Å²) < 4.78 is 6.90. The average Bonchev–Trinajstić information content (AvgIpc) is 3.27. The molecule has 158 valence electrons. The summed E-state index contributed by atoms with van der Waals surface area (Å²) in [6.45, 7) is 4.36. The van der Waals surface area contributed by atoms with Crippen LogP contribution in [-0.2, 0) is 6.54 Å². The Bertz CT molecular complexity index is 1480. The zero-order valence-electron chi connectivity index (χ0n) is 17.7. The molecule has 0 aliphatic heterocycles. The van der Waals surface area contributed by atoms with E-state index in [0.29, 0.717) is 22.6 Å². The van der Waals surface area contributed by atoms with E-state index in [4.69, 9.17) is 9.40 Å². The first-order valence-electron chi connectivity index (χ1n) is 10.3. The van der Waals surface area contributed by atoms with Crippen LogP contribution in [0.15, 0.2) is 82.0 Å². The van der Waals surface area contributed by atoms with Gasteiger partial charge in [-0.2, -0.15) is 0 Å². The van der Waals surface area contributed by atoms with Crippen LogP contribution >= 0.6 is 11.3 Å². The topological polar surface area (TPSA) is 63.4 Å². The number of anilines is 1. The van der Waals surface area contributed by atoms with Gasteiger partial charge in [-0.15, -0.1) is 0 Å². The molecule has 0 spiro atoms. The van der Waals surface area contributed by atoms with Crippen LogP contribution in [0.2, 0.25) is 0 Å². The molecular formula is C26H20N2O3S. The molecular weight excluding hydrogens is 420 g/mol. The van der Waals surface area contributed by atoms with Crippen LogP contribution in [0.3, 0.4) is 0 Å². The van der Waals surface area contributed by atoms with Crippen molar-refractivity contribution in [1.82, 2.24) is 4.98 Å². The van der Waals surface area contributed by atoms with Gasteiger partial charge in [-0.1, -0.05) is 65.9 Å². The molecule has 5 aromatic rings. The molecule has 0 N–H and O–H groups in total. The van der Waals surface area contributed by atoms with Gasteiger partial charge in [0.15, 0.2) is 16.3 Å². The quantitative estimate of drug-likeness (QED) is 0.351. The van der Waals surface area contributed by atoms with E-state index in [1.54, 1.807) is 29.2 Å². The van der Waals surface area contributed by atoms with Crippen molar-refractivity contribution in [2.45, 2.75) is 20.4 Å². The van der Waals surface area contributed by atoms with Crippen LogP contribution in [0.1, 0.15) is 27.2 Å². The van der Waals surface area contributed by atoms with Crippen molar-refractivity contribution in [3.63, 3.8) is 0 Å². The summed E-state index contributed by atoms with van der Waals surface area (Å²) in [6.07, 6.45) is 0. The standard InChI is InChI=1S/C26H20N2O3S/c1-16-12-13-17(2)24-23(16)27-26(32-24)28(15-18-8-4-3-5-9-18)25(30)22-14-20(29)19-10-6-7-11-21(19)31-22/h3-14H,15H2,1-2H3. The predicted octanol–water partition coefficient (Wildman–Crippen LogP) is 5.87. The molecule has 0 unspecified atom stereocenters. The first-order valence-corrected chi connectivity index (χ1v) is 11.1. The molecule has 0 saturated heterocycles. The van der Waals surface area contributed by atoms with Gasteiger partial charge < -0.3 is 4.42 Å². The molecule has 0 saturated carbocycles. The lowest BCUT2D eigenvalue weighted by Gasteiger charge is -2.19. The van der Waals surface area contributed by atoms with Gasteiger partial charge in [-0.3, -0.25) is 14.5 Å². The smallest absolute Gasteiger partial charge is 0.296 e. The molecule has 2 aromatic heterocycles. The van der Waals surface area contributed by atoms with Crippen LogP contribution < -0.4 is 10.3 Å². The average molecular weight is 441 g/mol. The van der Waals surface area contributed by atoms with E-state index in [0.717, 1.165) is 26.9 Å². The van der Waals surface area contributed by atoms with Crippen molar-refractivity contribution in [1.29, 1.82) is 0 Å². The summed E-state index contributed by atoms with van der Waals surface area (Å²) in [5.41, 5.74) is 4.15. The van der Waals surface area contributed by atoms with Gasteiger partial charge in [-0.05, 0) is 42.7 Å². The molecule has 0 aliphatic carbocycles. The van der Waals surface area contributed by atoms with E-state index in [1.165, 1.54) is 17.4 Å². The normalized spacial score (nSPS) is 11.2. The van der Waals surface area contributed by atoms with E-state index in [9.17, 15) is 9.59 Å². The molecule has 0 aliphatic rings. The van der Waals surface area contributed by atoms with Gasteiger partial charge in [0.05, 0.1) is 22.1 Å². The number of fused-ring (bicyclic) bond motifs is 2. The number of nitrogens with zero attached hydrogens (tertiary/aromatic N) is 2. The van der Waals surface area contributed by atoms with Crippen LogP contribution in [-0.4, -0.2) is 10.9 Å². The van der Waals surface area contributed by atoms with Crippen molar-refractivity contribution < 1.29 is 9.21 Å². The number of benzene rings is 3. The Morgan fingerprint density at radius 1 is 0.969 bits per heavy atom. The monoisotopic (exact) mass is 440 g/mol. The van der Waals surface area contributed by atoms with Crippen molar-refractivity contribution >= 4 is 43.6 Å². The van der Waals surface area contributed by atoms with Gasteiger partial charge in [0.1, 0.15) is 5.58 Å². The summed E-state index contributed by atoms with van der Waals surface area (Å²) in [7, 11) is 0. The number of carbonyl (C=O) groups is 1. The van der Waals surface area contributed by atoms with E-state index in [-0.39, 0.29) is 11.2 Å². The Labute approximate surface area is 188 Å². The highest BCUT2D eigenvalue weighted by Gasteiger charge is 2.25. The first-order chi connectivity index (χ1) is 15.5. The van der Waals surface area contributed by atoms with E-state index < -0.39 is 5.91 Å². The summed E-state index contributed by atoms with van der Waals surface area (Å²) in [5.74, 6) is -0.400. The number of carbonyl (C=O) groups excluding carboxylic acids is 1. The first kappa shape index (κ1) is 20.2. The third-order valence-electron chi connectivity index (χ3n) is 5.44. The molecule has 0 atom stereocenters. The molecule has 32 heavy (non-hydrogen) atoms. The van der Waals surface area contributed by atoms with Gasteiger partial charge in [0.25, 0.3) is 5.91 Å². The van der Waals surface area contributed by atoms with E-state index in [1.807, 2.05) is 50.2 Å². The lowest BCUT2D eigenvalue weighted by atomic mass is 10.1. The Morgan fingerprint density at radius 2 is 1.69 bits per heavy atom. The number of aryl methyl sites for hydroxylation is 2. The number of rotatable bonds is 4. The van der Waals surface area contributed by atoms with Crippen molar-refractivity contribution in [2.24, 2.45) is 0 Å². The second kappa shape index (κ2) is 8.05. The predicted molar refractivity (Wildman–Crippen MR) is 129 cm³/mol. The highest BCUT2D eigenvalue weighted by Crippen LogP contribution is 2.34. The number of hydrogen-bond acceptors (Lipinski definition) is 5. The maximum Gasteiger partial charge on any atom is 0.296 e. The zero-order valence-corrected chi connectivity index (χ0v) is 18.5. The molecule has 0 radical (unpaired) electrons. The summed E-state index contributed by atoms with van der Waals surface area (Å²) in [5, 5.41) is 1.02. The zero-order chi connectivity index (χ0) is 22.2. The lowest BCUT2D eigenvalue weighted by molar-refractivity contribution is 0.0959. The number of thiazole rings is 1.